The van der Waals surface area contributed by atoms with E-state index in [1.54, 1.807) is 0 Å². The van der Waals surface area contributed by atoms with Gasteiger partial charge in [0.2, 0.25) is 0 Å². The zero-order valence-electron chi connectivity index (χ0n) is 12.8. The van der Waals surface area contributed by atoms with E-state index in [0.29, 0.717) is 26.4 Å². The molecule has 0 unspecified atom stereocenters. The fourth-order valence-electron chi connectivity index (χ4n) is 1.83. The summed E-state index contributed by atoms with van der Waals surface area (Å²) >= 11 is 0. The van der Waals surface area contributed by atoms with E-state index >= 15 is 0 Å². The topological polar surface area (TPSA) is 62.9 Å². The van der Waals surface area contributed by atoms with Crippen LogP contribution in [0.15, 0.2) is 0 Å². The molecule has 0 aliphatic carbocycles. The van der Waals surface area contributed by atoms with Crippen molar-refractivity contribution < 1.29 is 18.0 Å². The zero-order chi connectivity index (χ0) is 14.4. The maximum Gasteiger partial charge on any atom is 0.500 e. The average molecular weight is 293 g/mol. The minimum atomic E-state index is -2.40. The normalized spacial score (nSPS) is 15.2. The van der Waals surface area contributed by atoms with E-state index in [1.807, 2.05) is 20.8 Å². The van der Waals surface area contributed by atoms with Crippen LogP contribution in [0.25, 0.3) is 0 Å². The first-order valence-electron chi connectivity index (χ1n) is 7.44. The third-order valence-corrected chi connectivity index (χ3v) is 5.76. The summed E-state index contributed by atoms with van der Waals surface area (Å²) in [6, 6.07) is 0.818. The Kier molecular flexibility index (Phi) is 13.0. The highest BCUT2D eigenvalue weighted by atomic mass is 28.4. The summed E-state index contributed by atoms with van der Waals surface area (Å²) in [5.41, 5.74) is 5.48. The predicted octanol–water partition coefficient (Wildman–Crippen LogP) is 2.18. The second kappa shape index (κ2) is 13.0. The van der Waals surface area contributed by atoms with Crippen LogP contribution in [0.1, 0.15) is 40.0 Å². The molecule has 0 spiro atoms. The molecule has 0 bridgehead atoms. The van der Waals surface area contributed by atoms with E-state index in [4.69, 9.17) is 23.7 Å². The Labute approximate surface area is 119 Å². The number of rotatable bonds is 9. The van der Waals surface area contributed by atoms with Crippen molar-refractivity contribution in [3.05, 3.63) is 0 Å². The molecule has 0 saturated carbocycles. The van der Waals surface area contributed by atoms with Gasteiger partial charge in [0.05, 0.1) is 0 Å². The molecule has 0 aromatic rings. The van der Waals surface area contributed by atoms with Gasteiger partial charge in [-0.15, -0.1) is 0 Å². The molecular formula is C13H31NO4Si. The van der Waals surface area contributed by atoms with Gasteiger partial charge in [0, 0.05) is 39.1 Å². The van der Waals surface area contributed by atoms with Crippen LogP contribution in [0.5, 0.6) is 0 Å². The molecule has 5 nitrogen and oxygen atoms in total. The minimum Gasteiger partial charge on any atom is -0.381 e. The van der Waals surface area contributed by atoms with Crippen molar-refractivity contribution in [1.29, 1.82) is 0 Å². The summed E-state index contributed by atoms with van der Waals surface area (Å²) in [5.74, 6) is 0. The first-order chi connectivity index (χ1) is 9.24. The summed E-state index contributed by atoms with van der Waals surface area (Å²) in [7, 11) is -2.40. The van der Waals surface area contributed by atoms with Crippen molar-refractivity contribution in [2.24, 2.45) is 5.73 Å². The molecule has 0 aromatic heterocycles. The van der Waals surface area contributed by atoms with Gasteiger partial charge in [-0.05, 0) is 46.6 Å². The average Bonchev–Trinajstić information content (AvgIpc) is 2.96. The molecule has 1 fully saturated rings. The fourth-order valence-corrected chi connectivity index (χ4v) is 4.47. The third-order valence-electron chi connectivity index (χ3n) is 2.61. The summed E-state index contributed by atoms with van der Waals surface area (Å²) in [4.78, 5) is 0. The van der Waals surface area contributed by atoms with E-state index in [0.717, 1.165) is 25.7 Å². The number of ether oxygens (including phenoxy) is 1. The molecule has 0 atom stereocenters. The number of hydrogen-bond acceptors (Lipinski definition) is 5. The lowest BCUT2D eigenvalue weighted by atomic mass is 10.4. The lowest BCUT2D eigenvalue weighted by Crippen LogP contribution is -2.46. The molecule has 6 heteroatoms. The molecule has 0 amide bonds. The Morgan fingerprint density at radius 2 is 1.42 bits per heavy atom. The first-order valence-corrected chi connectivity index (χ1v) is 9.37. The highest BCUT2D eigenvalue weighted by Crippen LogP contribution is 2.17. The van der Waals surface area contributed by atoms with E-state index in [-0.39, 0.29) is 0 Å². The monoisotopic (exact) mass is 293 g/mol. The molecular weight excluding hydrogens is 262 g/mol. The number of nitrogens with two attached hydrogens (primary N) is 1. The van der Waals surface area contributed by atoms with Crippen molar-refractivity contribution in [3.63, 3.8) is 0 Å². The maximum atomic E-state index is 5.65. The Hall–Kier alpha value is 0.0169. The second-order valence-corrected chi connectivity index (χ2v) is 6.93. The molecule has 2 N–H and O–H groups in total. The fraction of sp³-hybridized carbons (Fsp3) is 1.00. The highest BCUT2D eigenvalue weighted by molar-refractivity contribution is 6.60. The Morgan fingerprint density at radius 1 is 0.947 bits per heavy atom. The summed E-state index contributed by atoms with van der Waals surface area (Å²) < 4.78 is 21.9. The van der Waals surface area contributed by atoms with Crippen molar-refractivity contribution in [2.75, 3.05) is 39.6 Å². The van der Waals surface area contributed by atoms with E-state index < -0.39 is 8.80 Å². The molecule has 19 heavy (non-hydrogen) atoms. The van der Waals surface area contributed by atoms with Gasteiger partial charge in [-0.3, -0.25) is 0 Å². The SMILES string of the molecule is C1CCOC1.CCO[Si](CCCN)(OCC)OCC. The van der Waals surface area contributed by atoms with Gasteiger partial charge in [0.15, 0.2) is 0 Å². The standard InChI is InChI=1S/C9H23NO3Si.C4H8O/c1-4-11-14(12-5-2,13-6-3)9-7-8-10;1-2-4-5-3-1/h4-10H2,1-3H3;1-4H2. The summed E-state index contributed by atoms with van der Waals surface area (Å²) in [5, 5.41) is 0. The van der Waals surface area contributed by atoms with Gasteiger partial charge in [-0.25, -0.2) is 0 Å². The quantitative estimate of drug-likeness (QED) is 0.660. The van der Waals surface area contributed by atoms with Crippen LogP contribution in [0.2, 0.25) is 6.04 Å². The molecule has 1 aliphatic rings. The van der Waals surface area contributed by atoms with Crippen LogP contribution in [0.3, 0.4) is 0 Å². The van der Waals surface area contributed by atoms with Gasteiger partial charge < -0.3 is 23.7 Å². The Morgan fingerprint density at radius 3 is 1.68 bits per heavy atom. The van der Waals surface area contributed by atoms with Crippen LogP contribution in [0.4, 0.5) is 0 Å². The van der Waals surface area contributed by atoms with Gasteiger partial charge in [-0.2, -0.15) is 0 Å². The molecule has 0 radical (unpaired) electrons. The summed E-state index contributed by atoms with van der Waals surface area (Å²) in [6.07, 6.45) is 3.45. The van der Waals surface area contributed by atoms with E-state index in [9.17, 15) is 0 Å². The predicted molar refractivity (Wildman–Crippen MR) is 79.2 cm³/mol. The minimum absolute atomic E-state index is 0.636. The highest BCUT2D eigenvalue weighted by Gasteiger charge is 2.39. The molecule has 1 aliphatic heterocycles. The molecule has 116 valence electrons. The maximum absolute atomic E-state index is 5.65. The smallest absolute Gasteiger partial charge is 0.381 e. The lowest BCUT2D eigenvalue weighted by molar-refractivity contribution is 0.0710. The van der Waals surface area contributed by atoms with Crippen molar-refractivity contribution in [1.82, 2.24) is 0 Å². The van der Waals surface area contributed by atoms with Crippen molar-refractivity contribution in [3.8, 4) is 0 Å². The molecule has 1 saturated heterocycles. The third kappa shape index (κ3) is 9.54. The van der Waals surface area contributed by atoms with Crippen LogP contribution in [-0.4, -0.2) is 48.4 Å². The van der Waals surface area contributed by atoms with Crippen molar-refractivity contribution in [2.45, 2.75) is 46.1 Å². The van der Waals surface area contributed by atoms with Gasteiger partial charge in [0.25, 0.3) is 0 Å². The summed E-state index contributed by atoms with van der Waals surface area (Å²) in [6.45, 7) is 10.4. The zero-order valence-corrected chi connectivity index (χ0v) is 13.8. The lowest BCUT2D eigenvalue weighted by Gasteiger charge is -2.28. The van der Waals surface area contributed by atoms with Gasteiger partial charge >= 0.3 is 8.80 Å². The molecule has 1 heterocycles. The van der Waals surface area contributed by atoms with Crippen LogP contribution < -0.4 is 5.73 Å². The molecule has 0 aromatic carbocycles. The molecule has 1 rings (SSSR count). The van der Waals surface area contributed by atoms with Gasteiger partial charge in [0.1, 0.15) is 0 Å². The largest absolute Gasteiger partial charge is 0.500 e. The first kappa shape index (κ1) is 19.0. The Balaban J connectivity index is 0.000000532. The van der Waals surface area contributed by atoms with Crippen LogP contribution >= 0.6 is 0 Å². The van der Waals surface area contributed by atoms with Gasteiger partial charge in [-0.1, -0.05) is 0 Å². The van der Waals surface area contributed by atoms with E-state index in [1.165, 1.54) is 12.8 Å². The second-order valence-electron chi connectivity index (χ2n) is 4.19. The van der Waals surface area contributed by atoms with Crippen molar-refractivity contribution >= 4 is 8.80 Å². The van der Waals surface area contributed by atoms with Crippen LogP contribution in [0, 0.1) is 0 Å². The number of hydrogen-bond donors (Lipinski definition) is 1. The Bertz CT molecular complexity index is 167. The van der Waals surface area contributed by atoms with Crippen LogP contribution in [-0.2, 0) is 18.0 Å². The van der Waals surface area contributed by atoms with E-state index in [2.05, 4.69) is 0 Å².